The number of nitrogens with one attached hydrogen (secondary N) is 2. The number of ether oxygens (including phenoxy) is 1. The van der Waals surface area contributed by atoms with Gasteiger partial charge in [0.1, 0.15) is 12.4 Å². The van der Waals surface area contributed by atoms with Crippen LogP contribution in [-0.4, -0.2) is 27.2 Å². The van der Waals surface area contributed by atoms with Crippen LogP contribution in [0.15, 0.2) is 83.3 Å². The van der Waals surface area contributed by atoms with E-state index in [1.54, 1.807) is 0 Å². The molecule has 1 aromatic heterocycles. The molecule has 0 unspecified atom stereocenters. The number of aliphatic carboxylic acids is 1. The second-order valence-electron chi connectivity index (χ2n) is 9.73. The van der Waals surface area contributed by atoms with E-state index in [-0.39, 0.29) is 24.2 Å². The first-order valence-corrected chi connectivity index (χ1v) is 13.0. The Hall–Kier alpha value is -4.66. The Morgan fingerprint density at radius 1 is 0.872 bits per heavy atom. The lowest BCUT2D eigenvalue weighted by Crippen LogP contribution is -2.16. The molecule has 1 amide bonds. The molecule has 1 aliphatic carbocycles. The van der Waals surface area contributed by atoms with Gasteiger partial charge in [-0.3, -0.25) is 9.59 Å². The molecular weight excluding hydrogens is 496 g/mol. The minimum Gasteiger partial charge on any atom is -0.489 e. The summed E-state index contributed by atoms with van der Waals surface area (Å²) in [7, 11) is 0. The highest BCUT2D eigenvalue weighted by Crippen LogP contribution is 2.37. The van der Waals surface area contributed by atoms with Crippen LogP contribution in [0, 0.1) is 5.92 Å². The van der Waals surface area contributed by atoms with E-state index in [4.69, 9.17) is 14.3 Å². The average Bonchev–Trinajstić information content (AvgIpc) is 3.43. The monoisotopic (exact) mass is 526 g/mol. The molecule has 1 heterocycles. The van der Waals surface area contributed by atoms with Gasteiger partial charge in [-0.05, 0) is 85.0 Å². The first-order chi connectivity index (χ1) is 19.0. The lowest BCUT2D eigenvalue weighted by atomic mass is 9.77. The lowest BCUT2D eigenvalue weighted by Gasteiger charge is -2.28. The van der Waals surface area contributed by atoms with Crippen molar-refractivity contribution >= 4 is 29.3 Å². The smallest absolute Gasteiger partial charge is 0.320 e. The van der Waals surface area contributed by atoms with Gasteiger partial charge in [-0.25, -0.2) is 0 Å². The van der Waals surface area contributed by atoms with Crippen LogP contribution in [0.4, 0.5) is 17.4 Å². The maximum Gasteiger partial charge on any atom is 0.320 e. The third-order valence-corrected chi connectivity index (χ3v) is 6.92. The van der Waals surface area contributed by atoms with Gasteiger partial charge >= 0.3 is 23.8 Å². The number of anilines is 3. The zero-order valence-electron chi connectivity index (χ0n) is 21.4. The van der Waals surface area contributed by atoms with Gasteiger partial charge in [-0.2, -0.15) is 0 Å². The van der Waals surface area contributed by atoms with E-state index in [1.165, 1.54) is 5.56 Å². The molecule has 1 fully saturated rings. The number of hydrogen-bond donors (Lipinski definition) is 3. The molecule has 9 nitrogen and oxygen atoms in total. The van der Waals surface area contributed by atoms with Crippen molar-refractivity contribution in [1.82, 2.24) is 10.2 Å². The molecule has 0 aliphatic heterocycles. The molecule has 0 radical (unpaired) electrons. The molecule has 3 aromatic carbocycles. The summed E-state index contributed by atoms with van der Waals surface area (Å²) in [5, 5.41) is 22.5. The Kier molecular flexibility index (Phi) is 8.16. The number of carboxylic acids is 1. The van der Waals surface area contributed by atoms with Crippen LogP contribution in [0.25, 0.3) is 0 Å². The summed E-state index contributed by atoms with van der Waals surface area (Å²) in [6.07, 6.45) is 4.06. The number of hydrogen-bond acceptors (Lipinski definition) is 7. The summed E-state index contributed by atoms with van der Waals surface area (Å²) < 4.78 is 11.3. The molecule has 0 atom stereocenters. The molecule has 1 aliphatic rings. The number of nitrogens with zero attached hydrogens (tertiary/aromatic N) is 2. The van der Waals surface area contributed by atoms with E-state index in [9.17, 15) is 9.59 Å². The topological polar surface area (TPSA) is 127 Å². The number of aromatic nitrogens is 2. The summed E-state index contributed by atoms with van der Waals surface area (Å²) in [4.78, 5) is 23.6. The zero-order valence-corrected chi connectivity index (χ0v) is 21.4. The molecule has 9 heteroatoms. The van der Waals surface area contributed by atoms with Crippen LogP contribution < -0.4 is 15.4 Å². The predicted molar refractivity (Wildman–Crippen MR) is 146 cm³/mol. The van der Waals surface area contributed by atoms with Gasteiger partial charge in [0.2, 0.25) is 0 Å². The maximum atomic E-state index is 12.6. The van der Waals surface area contributed by atoms with Crippen molar-refractivity contribution in [1.29, 1.82) is 0 Å². The Bertz CT molecular complexity index is 1380. The van der Waals surface area contributed by atoms with Gasteiger partial charge in [-0.1, -0.05) is 47.6 Å². The van der Waals surface area contributed by atoms with E-state index in [2.05, 4.69) is 20.8 Å². The number of benzene rings is 3. The van der Waals surface area contributed by atoms with Gasteiger partial charge in [0, 0.05) is 17.8 Å². The van der Waals surface area contributed by atoms with E-state index in [0.29, 0.717) is 23.9 Å². The van der Waals surface area contributed by atoms with Crippen LogP contribution in [-0.2, 0) is 11.4 Å². The summed E-state index contributed by atoms with van der Waals surface area (Å²) in [6.45, 7) is 0.480. The molecule has 200 valence electrons. The Labute approximate surface area is 226 Å². The second-order valence-corrected chi connectivity index (χ2v) is 9.73. The van der Waals surface area contributed by atoms with Crippen molar-refractivity contribution in [2.75, 3.05) is 10.6 Å². The average molecular weight is 527 g/mol. The van der Waals surface area contributed by atoms with Gasteiger partial charge in [0.15, 0.2) is 0 Å². The Morgan fingerprint density at radius 2 is 1.56 bits per heavy atom. The minimum absolute atomic E-state index is 0.104. The van der Waals surface area contributed by atoms with Crippen LogP contribution in [0.3, 0.4) is 0 Å². The van der Waals surface area contributed by atoms with Crippen molar-refractivity contribution in [2.45, 2.75) is 44.6 Å². The van der Waals surface area contributed by atoms with Crippen molar-refractivity contribution in [3.05, 3.63) is 95.9 Å². The number of carbonyl (C=O) groups excluding carboxylic acids is 1. The fourth-order valence-electron chi connectivity index (χ4n) is 4.83. The second kappa shape index (κ2) is 12.3. The minimum atomic E-state index is -0.721. The summed E-state index contributed by atoms with van der Waals surface area (Å²) >= 11 is 0. The third-order valence-electron chi connectivity index (χ3n) is 6.92. The van der Waals surface area contributed by atoms with Crippen molar-refractivity contribution < 1.29 is 23.8 Å². The summed E-state index contributed by atoms with van der Waals surface area (Å²) in [5.41, 5.74) is 3.62. The van der Waals surface area contributed by atoms with Gasteiger partial charge in [-0.15, -0.1) is 5.10 Å². The molecule has 1 saturated carbocycles. The summed E-state index contributed by atoms with van der Waals surface area (Å²) in [5.74, 6) is 0.0371. The van der Waals surface area contributed by atoms with E-state index in [0.717, 1.165) is 37.0 Å². The molecule has 5 rings (SSSR count). The molecular formula is C30H30N4O5. The lowest BCUT2D eigenvalue weighted by molar-refractivity contribution is -0.138. The van der Waals surface area contributed by atoms with Crippen molar-refractivity contribution in [3.63, 3.8) is 0 Å². The van der Waals surface area contributed by atoms with Crippen LogP contribution in [0.5, 0.6) is 5.75 Å². The highest BCUT2D eigenvalue weighted by Gasteiger charge is 2.24. The van der Waals surface area contributed by atoms with E-state index < -0.39 is 11.9 Å². The van der Waals surface area contributed by atoms with E-state index >= 15 is 0 Å². The van der Waals surface area contributed by atoms with Crippen LogP contribution in [0.2, 0.25) is 0 Å². The Morgan fingerprint density at radius 3 is 2.26 bits per heavy atom. The quantitative estimate of drug-likeness (QED) is 0.217. The maximum absolute atomic E-state index is 12.6. The number of carbonyl (C=O) groups is 2. The van der Waals surface area contributed by atoms with Crippen LogP contribution >= 0.6 is 0 Å². The normalized spacial score (nSPS) is 16.8. The fraction of sp³-hybridized carbons (Fsp3) is 0.267. The van der Waals surface area contributed by atoms with Gasteiger partial charge < -0.3 is 24.9 Å². The van der Waals surface area contributed by atoms with Gasteiger partial charge in [0.05, 0.1) is 0 Å². The van der Waals surface area contributed by atoms with Crippen LogP contribution in [0.1, 0.15) is 59.8 Å². The molecule has 39 heavy (non-hydrogen) atoms. The largest absolute Gasteiger partial charge is 0.489 e. The number of carboxylic acid groups (broad SMARTS) is 1. The molecule has 0 spiro atoms. The summed E-state index contributed by atoms with van der Waals surface area (Å²) in [6, 6.07) is 25.1. The SMILES string of the molecule is O=C(O)C[C@H]1CC[C@H](c2ccc(NC(=O)c3nnc(Nc4ccc(OCc5ccccc5)cc4)o3)cc2)CC1. The number of amides is 1. The van der Waals surface area contributed by atoms with Gasteiger partial charge in [0.25, 0.3) is 0 Å². The molecule has 0 bridgehead atoms. The first kappa shape index (κ1) is 26.0. The van der Waals surface area contributed by atoms with Crippen molar-refractivity contribution in [3.8, 4) is 5.75 Å². The standard InChI is InChI=1S/C30H30N4O5/c35-27(36)18-20-6-8-22(9-7-20)23-10-12-24(13-11-23)31-28(37)29-33-34-30(39-29)32-25-14-16-26(17-15-25)38-19-21-4-2-1-3-5-21/h1-5,10-17,20,22H,6-9,18-19H2,(H,31,37)(H,32,34)(H,35,36)/t20-,22-. The first-order valence-electron chi connectivity index (χ1n) is 13.0. The highest BCUT2D eigenvalue weighted by molar-refractivity contribution is 6.00. The predicted octanol–water partition coefficient (Wildman–Crippen LogP) is 6.39. The number of rotatable bonds is 10. The van der Waals surface area contributed by atoms with Crippen molar-refractivity contribution in [2.24, 2.45) is 5.92 Å². The third kappa shape index (κ3) is 7.22. The highest BCUT2D eigenvalue weighted by atomic mass is 16.5. The molecule has 3 N–H and O–H groups in total. The zero-order chi connectivity index (χ0) is 27.0. The molecule has 0 saturated heterocycles. The van der Waals surface area contributed by atoms with E-state index in [1.807, 2.05) is 78.9 Å². The Balaban J connectivity index is 1.10. The molecule has 4 aromatic rings. The fourth-order valence-corrected chi connectivity index (χ4v) is 4.83.